The molecule has 4 rings (SSSR count). The number of carbonyl (C=O) groups excluding carboxylic acids is 3. The Morgan fingerprint density at radius 1 is 1.16 bits per heavy atom. The minimum absolute atomic E-state index is 0.00733. The third-order valence-corrected chi connectivity index (χ3v) is 9.48. The van der Waals surface area contributed by atoms with Crippen molar-refractivity contribution in [3.8, 4) is 0 Å². The summed E-state index contributed by atoms with van der Waals surface area (Å²) in [5.74, 6) is -4.26. The topological polar surface area (TPSA) is 110 Å². The van der Waals surface area contributed by atoms with E-state index in [1.807, 2.05) is 27.7 Å². The van der Waals surface area contributed by atoms with Gasteiger partial charge in [-0.3, -0.25) is 14.4 Å². The van der Waals surface area contributed by atoms with Crippen molar-refractivity contribution in [2.24, 2.45) is 34.0 Å². The average molecular weight is 535 g/mol. The molecule has 0 bridgehead atoms. The number of aliphatic hydroxyl groups excluding tert-OH is 1. The number of aliphatic hydroxyl groups is 2. The van der Waals surface area contributed by atoms with Crippen molar-refractivity contribution in [3.63, 3.8) is 0 Å². The van der Waals surface area contributed by atoms with Gasteiger partial charge in [0.25, 0.3) is 0 Å². The van der Waals surface area contributed by atoms with E-state index in [1.54, 1.807) is 13.0 Å². The van der Waals surface area contributed by atoms with Crippen LogP contribution >= 0.6 is 0 Å². The van der Waals surface area contributed by atoms with Gasteiger partial charge in [0.15, 0.2) is 23.0 Å². The standard InChI is InChI=1S/C30H43FO7/c1-26(2,3)15-24(35)37-16-21(33)25-22(38-27(4,5)36)13-20-19-9-8-17-12-18(32)10-11-29(17,7)30(19,31)23(34)14-28(20,25)6/h10-12,19-20,22-23,25,34,36H,8-9,13-16H2,1-7H3/t19-,20?,22+,23-,25-,28-,29-,30-/m0/s1. The SMILES string of the molecule is CC(C)(C)CC(=O)OCC(=O)[C@H]1[C@H](OC(C)(C)O)CC2[C@@H]3CCC4=CC(=O)C=C[C@]4(C)[C@@]3(F)[C@@H](O)C[C@@]21C. The summed E-state index contributed by atoms with van der Waals surface area (Å²) in [4.78, 5) is 38.1. The normalized spacial score (nSPS) is 40.6. The first-order valence-electron chi connectivity index (χ1n) is 13.7. The van der Waals surface area contributed by atoms with Crippen molar-refractivity contribution in [3.05, 3.63) is 23.8 Å². The summed E-state index contributed by atoms with van der Waals surface area (Å²) in [5, 5.41) is 22.0. The Kier molecular flexibility index (Phi) is 7.15. The number of Topliss-reactive ketones (excluding diaryl/α,β-unsaturated/α-hetero) is 1. The molecule has 3 fully saturated rings. The van der Waals surface area contributed by atoms with Gasteiger partial charge in [0.05, 0.1) is 24.5 Å². The zero-order valence-corrected chi connectivity index (χ0v) is 23.7. The van der Waals surface area contributed by atoms with Crippen LogP contribution in [0.2, 0.25) is 0 Å². The number of fused-ring (bicyclic) bond motifs is 5. The first-order valence-corrected chi connectivity index (χ1v) is 13.7. The lowest BCUT2D eigenvalue weighted by molar-refractivity contribution is -0.217. The molecule has 212 valence electrons. The number of carbonyl (C=O) groups is 3. The number of hydrogen-bond acceptors (Lipinski definition) is 7. The molecule has 7 nitrogen and oxygen atoms in total. The molecule has 3 saturated carbocycles. The molecule has 4 aliphatic rings. The summed E-state index contributed by atoms with van der Waals surface area (Å²) in [5.41, 5.74) is -3.62. The second-order valence-corrected chi connectivity index (χ2v) is 14.0. The molecule has 0 heterocycles. The van der Waals surface area contributed by atoms with Crippen LogP contribution in [-0.4, -0.2) is 58.0 Å². The number of rotatable bonds is 6. The summed E-state index contributed by atoms with van der Waals surface area (Å²) in [6.07, 6.45) is 3.77. The van der Waals surface area contributed by atoms with Gasteiger partial charge in [-0.15, -0.1) is 0 Å². The third kappa shape index (κ3) is 4.81. The Labute approximate surface area is 224 Å². The Bertz CT molecular complexity index is 1070. The van der Waals surface area contributed by atoms with Crippen LogP contribution in [0.1, 0.15) is 80.6 Å². The van der Waals surface area contributed by atoms with Gasteiger partial charge in [0, 0.05) is 11.3 Å². The van der Waals surface area contributed by atoms with Crippen LogP contribution in [0.3, 0.4) is 0 Å². The van der Waals surface area contributed by atoms with E-state index in [0.717, 1.165) is 0 Å². The number of alkyl halides is 1. The first-order chi connectivity index (χ1) is 17.3. The Morgan fingerprint density at radius 3 is 2.42 bits per heavy atom. The average Bonchev–Trinajstić information content (AvgIpc) is 3.02. The van der Waals surface area contributed by atoms with Crippen molar-refractivity contribution in [1.82, 2.24) is 0 Å². The highest BCUT2D eigenvalue weighted by Gasteiger charge is 2.72. The molecule has 0 aromatic rings. The van der Waals surface area contributed by atoms with Crippen molar-refractivity contribution in [2.75, 3.05) is 6.61 Å². The fourth-order valence-electron chi connectivity index (χ4n) is 7.99. The second-order valence-electron chi connectivity index (χ2n) is 14.0. The van der Waals surface area contributed by atoms with Crippen LogP contribution < -0.4 is 0 Å². The molecule has 1 unspecified atom stereocenters. The van der Waals surface area contributed by atoms with E-state index in [2.05, 4.69) is 0 Å². The second kappa shape index (κ2) is 9.34. The zero-order valence-electron chi connectivity index (χ0n) is 23.7. The highest BCUT2D eigenvalue weighted by molar-refractivity contribution is 6.01. The van der Waals surface area contributed by atoms with E-state index >= 15 is 4.39 Å². The predicted octanol–water partition coefficient (Wildman–Crippen LogP) is 4.25. The van der Waals surface area contributed by atoms with Crippen LogP contribution in [0.25, 0.3) is 0 Å². The number of ketones is 2. The van der Waals surface area contributed by atoms with Crippen LogP contribution in [-0.2, 0) is 23.9 Å². The maximum atomic E-state index is 17.4. The molecular weight excluding hydrogens is 491 g/mol. The van der Waals surface area contributed by atoms with Gasteiger partial charge in [-0.05, 0) is 75.4 Å². The minimum Gasteiger partial charge on any atom is -0.458 e. The molecule has 0 amide bonds. The van der Waals surface area contributed by atoms with Crippen molar-refractivity contribution in [2.45, 2.75) is 104 Å². The van der Waals surface area contributed by atoms with Gasteiger partial charge in [0.1, 0.15) is 6.61 Å². The lowest BCUT2D eigenvalue weighted by Crippen LogP contribution is -2.66. The third-order valence-electron chi connectivity index (χ3n) is 9.48. The van der Waals surface area contributed by atoms with Gasteiger partial charge >= 0.3 is 5.97 Å². The highest BCUT2D eigenvalue weighted by Crippen LogP contribution is 2.69. The fraction of sp³-hybridized carbons (Fsp3) is 0.767. The maximum Gasteiger partial charge on any atom is 0.306 e. The largest absolute Gasteiger partial charge is 0.458 e. The molecule has 0 aromatic heterocycles. The Balaban J connectivity index is 1.67. The molecule has 8 atom stereocenters. The van der Waals surface area contributed by atoms with Crippen molar-refractivity contribution in [1.29, 1.82) is 0 Å². The highest BCUT2D eigenvalue weighted by atomic mass is 19.1. The lowest BCUT2D eigenvalue weighted by Gasteiger charge is -2.61. The van der Waals surface area contributed by atoms with E-state index < -0.39 is 58.9 Å². The number of hydrogen-bond donors (Lipinski definition) is 2. The summed E-state index contributed by atoms with van der Waals surface area (Å²) in [7, 11) is 0. The summed E-state index contributed by atoms with van der Waals surface area (Å²) < 4.78 is 28.7. The molecule has 0 saturated heterocycles. The van der Waals surface area contributed by atoms with Crippen molar-refractivity contribution >= 4 is 17.5 Å². The number of allylic oxidation sites excluding steroid dienone is 4. The van der Waals surface area contributed by atoms with E-state index in [-0.39, 0.29) is 35.7 Å². The summed E-state index contributed by atoms with van der Waals surface area (Å²) in [6, 6.07) is 0. The predicted molar refractivity (Wildman–Crippen MR) is 138 cm³/mol. The Hall–Kier alpha value is -1.90. The van der Waals surface area contributed by atoms with Crippen LogP contribution in [0.15, 0.2) is 23.8 Å². The molecule has 38 heavy (non-hydrogen) atoms. The van der Waals surface area contributed by atoms with Gasteiger partial charge in [-0.25, -0.2) is 4.39 Å². The van der Waals surface area contributed by atoms with Gasteiger partial charge in [-0.2, -0.15) is 0 Å². The number of ether oxygens (including phenoxy) is 2. The summed E-state index contributed by atoms with van der Waals surface area (Å²) >= 11 is 0. The fourth-order valence-corrected chi connectivity index (χ4v) is 7.99. The van der Waals surface area contributed by atoms with E-state index in [9.17, 15) is 24.6 Å². The quantitative estimate of drug-likeness (QED) is 0.387. The molecule has 0 aliphatic heterocycles. The summed E-state index contributed by atoms with van der Waals surface area (Å²) in [6.45, 7) is 11.9. The monoisotopic (exact) mass is 534 g/mol. The molecule has 0 radical (unpaired) electrons. The molecule has 0 spiro atoms. The number of halogens is 1. The maximum absolute atomic E-state index is 17.4. The molecule has 4 aliphatic carbocycles. The molecular formula is C30H43FO7. The minimum atomic E-state index is -2.03. The van der Waals surface area contributed by atoms with E-state index in [1.165, 1.54) is 26.0 Å². The molecule has 2 N–H and O–H groups in total. The number of esters is 1. The van der Waals surface area contributed by atoms with Crippen LogP contribution in [0.4, 0.5) is 4.39 Å². The first kappa shape index (κ1) is 29.1. The van der Waals surface area contributed by atoms with E-state index in [4.69, 9.17) is 9.47 Å². The molecule has 0 aromatic carbocycles. The van der Waals surface area contributed by atoms with Gasteiger partial charge < -0.3 is 19.7 Å². The zero-order chi connectivity index (χ0) is 28.5. The molecule has 8 heteroatoms. The van der Waals surface area contributed by atoms with E-state index in [0.29, 0.717) is 24.8 Å². The van der Waals surface area contributed by atoms with Crippen LogP contribution in [0.5, 0.6) is 0 Å². The Morgan fingerprint density at radius 2 is 1.82 bits per heavy atom. The lowest BCUT2D eigenvalue weighted by atomic mass is 9.45. The smallest absolute Gasteiger partial charge is 0.306 e. The van der Waals surface area contributed by atoms with Crippen molar-refractivity contribution < 1.29 is 38.5 Å². The van der Waals surface area contributed by atoms with Gasteiger partial charge in [-0.1, -0.05) is 39.3 Å². The van der Waals surface area contributed by atoms with Crippen LogP contribution in [0, 0.1) is 34.0 Å². The van der Waals surface area contributed by atoms with Gasteiger partial charge in [0.2, 0.25) is 0 Å².